The Balaban J connectivity index is 2.13. The molecule has 0 saturated heterocycles. The van der Waals surface area contributed by atoms with Crippen molar-refractivity contribution < 1.29 is 8.42 Å². The maximum Gasteiger partial charge on any atom is 0.241 e. The molecular formula is C14H12Br3NO2S. The van der Waals surface area contributed by atoms with Crippen molar-refractivity contribution in [3.8, 4) is 0 Å². The van der Waals surface area contributed by atoms with Crippen LogP contribution in [-0.2, 0) is 10.0 Å². The number of sulfonamides is 1. The Morgan fingerprint density at radius 3 is 2.38 bits per heavy atom. The maximum absolute atomic E-state index is 12.4. The van der Waals surface area contributed by atoms with E-state index in [0.29, 0.717) is 8.95 Å². The first-order valence-electron chi connectivity index (χ1n) is 6.04. The fraction of sp³-hybridized carbons (Fsp3) is 0.143. The third-order valence-corrected chi connectivity index (χ3v) is 6.56. The molecule has 112 valence electrons. The van der Waals surface area contributed by atoms with Gasteiger partial charge in [0, 0.05) is 15.5 Å². The maximum atomic E-state index is 12.4. The number of rotatable bonds is 5. The van der Waals surface area contributed by atoms with E-state index in [1.54, 1.807) is 18.2 Å². The minimum absolute atomic E-state index is 0.0839. The van der Waals surface area contributed by atoms with Crippen molar-refractivity contribution in [3.05, 3.63) is 63.0 Å². The highest BCUT2D eigenvalue weighted by Crippen LogP contribution is 2.27. The molecule has 0 aromatic heterocycles. The SMILES string of the molecule is O=S(=O)(NCC(Br)c1ccccc1)c1cc(Br)ccc1Br. The fourth-order valence-electron chi connectivity index (χ4n) is 1.72. The van der Waals surface area contributed by atoms with E-state index in [-0.39, 0.29) is 16.3 Å². The van der Waals surface area contributed by atoms with Gasteiger partial charge in [-0.2, -0.15) is 0 Å². The van der Waals surface area contributed by atoms with Crippen LogP contribution in [0.1, 0.15) is 10.4 Å². The quantitative estimate of drug-likeness (QED) is 0.612. The van der Waals surface area contributed by atoms with E-state index in [1.807, 2.05) is 30.3 Å². The van der Waals surface area contributed by atoms with Crippen LogP contribution in [0.3, 0.4) is 0 Å². The molecule has 1 unspecified atom stereocenters. The van der Waals surface area contributed by atoms with Crippen LogP contribution in [0.4, 0.5) is 0 Å². The highest BCUT2D eigenvalue weighted by atomic mass is 79.9. The van der Waals surface area contributed by atoms with Gasteiger partial charge in [0.1, 0.15) is 0 Å². The topological polar surface area (TPSA) is 46.2 Å². The van der Waals surface area contributed by atoms with Gasteiger partial charge < -0.3 is 0 Å². The van der Waals surface area contributed by atoms with E-state index in [1.165, 1.54) is 0 Å². The second-order valence-corrected chi connectivity index (χ2v) is 8.92. The Morgan fingerprint density at radius 2 is 1.71 bits per heavy atom. The predicted octanol–water partition coefficient (Wildman–Crippen LogP) is 4.63. The van der Waals surface area contributed by atoms with Gasteiger partial charge >= 0.3 is 0 Å². The summed E-state index contributed by atoms with van der Waals surface area (Å²) in [5.41, 5.74) is 1.02. The Bertz CT molecular complexity index is 720. The van der Waals surface area contributed by atoms with Gasteiger partial charge in [0.25, 0.3) is 0 Å². The summed E-state index contributed by atoms with van der Waals surface area (Å²) in [4.78, 5) is 0.129. The summed E-state index contributed by atoms with van der Waals surface area (Å²) in [6, 6.07) is 14.7. The molecule has 0 saturated carbocycles. The molecule has 2 aromatic carbocycles. The minimum Gasteiger partial charge on any atom is -0.210 e. The molecule has 0 aliphatic rings. The van der Waals surface area contributed by atoms with Gasteiger partial charge in [-0.25, -0.2) is 13.1 Å². The van der Waals surface area contributed by atoms with Gasteiger partial charge in [0.2, 0.25) is 10.0 Å². The number of nitrogens with one attached hydrogen (secondary N) is 1. The average molecular weight is 498 g/mol. The second kappa shape index (κ2) is 7.37. The molecule has 2 aromatic rings. The van der Waals surface area contributed by atoms with E-state index in [0.717, 1.165) is 5.56 Å². The smallest absolute Gasteiger partial charge is 0.210 e. The van der Waals surface area contributed by atoms with E-state index in [9.17, 15) is 8.42 Å². The van der Waals surface area contributed by atoms with Gasteiger partial charge in [0.15, 0.2) is 0 Å². The summed E-state index contributed by atoms with van der Waals surface area (Å²) in [5, 5.41) is 0. The average Bonchev–Trinajstić information content (AvgIpc) is 2.48. The van der Waals surface area contributed by atoms with E-state index in [2.05, 4.69) is 52.5 Å². The van der Waals surface area contributed by atoms with E-state index in [4.69, 9.17) is 0 Å². The van der Waals surface area contributed by atoms with Crippen LogP contribution in [0.5, 0.6) is 0 Å². The van der Waals surface area contributed by atoms with Crippen LogP contribution in [0.25, 0.3) is 0 Å². The van der Waals surface area contributed by atoms with Crippen LogP contribution in [0.15, 0.2) is 62.4 Å². The molecule has 0 bridgehead atoms. The van der Waals surface area contributed by atoms with Crippen molar-refractivity contribution in [2.24, 2.45) is 0 Å². The molecule has 0 amide bonds. The third kappa shape index (κ3) is 4.63. The van der Waals surface area contributed by atoms with Crippen LogP contribution >= 0.6 is 47.8 Å². The molecule has 3 nitrogen and oxygen atoms in total. The molecule has 7 heteroatoms. The van der Waals surface area contributed by atoms with E-state index >= 15 is 0 Å². The summed E-state index contributed by atoms with van der Waals surface area (Å²) < 4.78 is 28.6. The molecule has 21 heavy (non-hydrogen) atoms. The summed E-state index contributed by atoms with van der Waals surface area (Å²) in [6.45, 7) is 0.269. The monoisotopic (exact) mass is 495 g/mol. The van der Waals surface area contributed by atoms with Gasteiger partial charge in [0.05, 0.1) is 9.72 Å². The van der Waals surface area contributed by atoms with Crippen LogP contribution in [0, 0.1) is 0 Å². The largest absolute Gasteiger partial charge is 0.241 e. The summed E-state index contributed by atoms with van der Waals surface area (Å²) in [6.07, 6.45) is 0. The predicted molar refractivity (Wildman–Crippen MR) is 95.1 cm³/mol. The molecular weight excluding hydrogens is 486 g/mol. The van der Waals surface area contributed by atoms with Gasteiger partial charge in [-0.15, -0.1) is 0 Å². The lowest BCUT2D eigenvalue weighted by molar-refractivity contribution is 0.581. The number of hydrogen-bond acceptors (Lipinski definition) is 2. The van der Waals surface area contributed by atoms with Crippen molar-refractivity contribution in [2.45, 2.75) is 9.72 Å². The second-order valence-electron chi connectivity index (χ2n) is 4.30. The number of hydrogen-bond donors (Lipinski definition) is 1. The van der Waals surface area contributed by atoms with Crippen molar-refractivity contribution in [2.75, 3.05) is 6.54 Å². The molecule has 0 aliphatic heterocycles. The Hall–Kier alpha value is -0.210. The molecule has 0 aliphatic carbocycles. The number of halogens is 3. The molecule has 1 atom stereocenters. The molecule has 0 heterocycles. The number of alkyl halides is 1. The van der Waals surface area contributed by atoms with Crippen LogP contribution < -0.4 is 4.72 Å². The standard InChI is InChI=1S/C14H12Br3NO2S/c15-11-6-7-12(16)14(8-11)21(19,20)18-9-13(17)10-4-2-1-3-5-10/h1-8,13,18H,9H2. The number of benzene rings is 2. The van der Waals surface area contributed by atoms with Crippen molar-refractivity contribution in [3.63, 3.8) is 0 Å². The van der Waals surface area contributed by atoms with Crippen LogP contribution in [-0.4, -0.2) is 15.0 Å². The van der Waals surface area contributed by atoms with Gasteiger partial charge in [-0.1, -0.05) is 62.2 Å². The zero-order chi connectivity index (χ0) is 15.5. The first kappa shape index (κ1) is 17.1. The highest BCUT2D eigenvalue weighted by Gasteiger charge is 2.19. The Labute approximate surface area is 149 Å². The summed E-state index contributed by atoms with van der Waals surface area (Å²) in [5.74, 6) is 0. The normalized spacial score (nSPS) is 13.1. The van der Waals surface area contributed by atoms with Crippen LogP contribution in [0.2, 0.25) is 0 Å². The first-order chi connectivity index (χ1) is 9.90. The first-order valence-corrected chi connectivity index (χ1v) is 10.0. The Morgan fingerprint density at radius 1 is 1.05 bits per heavy atom. The minimum atomic E-state index is -3.57. The Kier molecular flexibility index (Phi) is 6.02. The van der Waals surface area contributed by atoms with Crippen molar-refractivity contribution >= 4 is 57.8 Å². The third-order valence-electron chi connectivity index (χ3n) is 2.80. The lowest BCUT2D eigenvalue weighted by Crippen LogP contribution is -2.27. The highest BCUT2D eigenvalue weighted by molar-refractivity contribution is 9.11. The summed E-state index contributed by atoms with van der Waals surface area (Å²) in [7, 11) is -3.57. The lowest BCUT2D eigenvalue weighted by Gasteiger charge is -2.13. The molecule has 0 radical (unpaired) electrons. The molecule has 1 N–H and O–H groups in total. The fourth-order valence-corrected chi connectivity index (χ4v) is 4.95. The van der Waals surface area contributed by atoms with Crippen molar-refractivity contribution in [1.82, 2.24) is 4.72 Å². The zero-order valence-corrected chi connectivity index (χ0v) is 16.3. The van der Waals surface area contributed by atoms with E-state index < -0.39 is 10.0 Å². The molecule has 0 fully saturated rings. The van der Waals surface area contributed by atoms with Gasteiger partial charge in [-0.05, 0) is 39.7 Å². The van der Waals surface area contributed by atoms with Crippen molar-refractivity contribution in [1.29, 1.82) is 0 Å². The summed E-state index contributed by atoms with van der Waals surface area (Å²) >= 11 is 10.0. The lowest BCUT2D eigenvalue weighted by atomic mass is 10.2. The zero-order valence-electron chi connectivity index (χ0n) is 10.8. The van der Waals surface area contributed by atoms with Gasteiger partial charge in [-0.3, -0.25) is 0 Å². The molecule has 0 spiro atoms. The molecule has 2 rings (SSSR count).